The maximum atomic E-state index is 13.6. The molecule has 0 bridgehead atoms. The van der Waals surface area contributed by atoms with Gasteiger partial charge >= 0.3 is 0 Å². The van der Waals surface area contributed by atoms with Crippen molar-refractivity contribution >= 4 is 15.7 Å². The van der Waals surface area contributed by atoms with Crippen molar-refractivity contribution in [2.24, 2.45) is 5.92 Å². The predicted molar refractivity (Wildman–Crippen MR) is 76.0 cm³/mol. The van der Waals surface area contributed by atoms with Gasteiger partial charge in [0.05, 0.1) is 5.60 Å². The van der Waals surface area contributed by atoms with Crippen molar-refractivity contribution in [2.45, 2.75) is 37.7 Å². The molecule has 8 heteroatoms. The van der Waals surface area contributed by atoms with E-state index >= 15 is 0 Å². The molecule has 0 saturated heterocycles. The van der Waals surface area contributed by atoms with E-state index in [2.05, 4.69) is 0 Å². The van der Waals surface area contributed by atoms with Gasteiger partial charge in [-0.05, 0) is 31.4 Å². The Morgan fingerprint density at radius 1 is 1.33 bits per heavy atom. The van der Waals surface area contributed by atoms with Gasteiger partial charge in [-0.2, -0.15) is 0 Å². The summed E-state index contributed by atoms with van der Waals surface area (Å²) in [4.78, 5) is -1.10. The van der Waals surface area contributed by atoms with Gasteiger partial charge < -0.3 is 10.8 Å². The highest BCUT2D eigenvalue weighted by Crippen LogP contribution is 2.22. The van der Waals surface area contributed by atoms with Crippen LogP contribution in [0.5, 0.6) is 0 Å². The molecule has 21 heavy (non-hydrogen) atoms. The molecule has 0 heterocycles. The second kappa shape index (κ2) is 6.25. The number of nitrogens with two attached hydrogens (primary N) is 1. The molecule has 1 aromatic rings. The second-order valence-electron chi connectivity index (χ2n) is 5.73. The van der Waals surface area contributed by atoms with E-state index in [-0.39, 0.29) is 18.2 Å². The summed E-state index contributed by atoms with van der Waals surface area (Å²) in [7, 11) is -4.42. The molecule has 120 valence electrons. The van der Waals surface area contributed by atoms with Crippen LogP contribution in [0.3, 0.4) is 0 Å². The zero-order valence-corrected chi connectivity index (χ0v) is 13.0. The first-order valence-corrected chi connectivity index (χ1v) is 7.89. The average molecular weight is 322 g/mol. The lowest BCUT2D eigenvalue weighted by Gasteiger charge is -2.25. The first-order chi connectivity index (χ1) is 9.44. The molecule has 0 fully saturated rings. The molecule has 0 aliphatic carbocycles. The Hall–Kier alpha value is -1.25. The van der Waals surface area contributed by atoms with Gasteiger partial charge in [0.2, 0.25) is 10.0 Å². The predicted octanol–water partition coefficient (Wildman–Crippen LogP) is 1.62. The minimum absolute atomic E-state index is 0.134. The number of sulfonamides is 1. The number of halogens is 2. The van der Waals surface area contributed by atoms with Gasteiger partial charge in [-0.15, -0.1) is 0 Å². The summed E-state index contributed by atoms with van der Waals surface area (Å²) in [6.45, 7) is 4.83. The van der Waals surface area contributed by atoms with Crippen LogP contribution in [0.1, 0.15) is 27.2 Å². The number of nitrogens with one attached hydrogen (secondary N) is 1. The van der Waals surface area contributed by atoms with Gasteiger partial charge in [0.25, 0.3) is 0 Å². The van der Waals surface area contributed by atoms with Crippen LogP contribution in [0.2, 0.25) is 0 Å². The standard InChI is InChI=1S/C13H20F2N2O3S/c1-8(2)6-13(3,18)7-17-21(19,20)12-10(14)4-9(16)5-11(12)15/h4-5,8,17-18H,6-7,16H2,1-3H3. The Balaban J connectivity index is 2.98. The van der Waals surface area contributed by atoms with Gasteiger partial charge in [0.15, 0.2) is 4.90 Å². The van der Waals surface area contributed by atoms with E-state index in [1.807, 2.05) is 18.6 Å². The summed E-state index contributed by atoms with van der Waals surface area (Å²) in [5.74, 6) is -2.42. The van der Waals surface area contributed by atoms with Crippen LogP contribution in [0.4, 0.5) is 14.5 Å². The summed E-state index contributed by atoms with van der Waals surface area (Å²) < 4.78 is 53.2. The third-order valence-electron chi connectivity index (χ3n) is 2.78. The van der Waals surface area contributed by atoms with Crippen molar-refractivity contribution in [3.63, 3.8) is 0 Å². The second-order valence-corrected chi connectivity index (χ2v) is 7.44. The number of rotatable bonds is 6. The highest BCUT2D eigenvalue weighted by atomic mass is 32.2. The van der Waals surface area contributed by atoms with E-state index < -0.39 is 32.2 Å². The molecule has 0 aliphatic rings. The maximum Gasteiger partial charge on any atom is 0.246 e. The van der Waals surface area contributed by atoms with Crippen molar-refractivity contribution in [1.29, 1.82) is 0 Å². The first-order valence-electron chi connectivity index (χ1n) is 6.41. The Morgan fingerprint density at radius 3 is 2.24 bits per heavy atom. The molecule has 5 nitrogen and oxygen atoms in total. The first kappa shape index (κ1) is 17.8. The van der Waals surface area contributed by atoms with Gasteiger partial charge in [-0.1, -0.05) is 13.8 Å². The molecule has 0 aromatic heterocycles. The molecule has 0 saturated carbocycles. The molecule has 0 aliphatic heterocycles. The van der Waals surface area contributed by atoms with Crippen LogP contribution >= 0.6 is 0 Å². The number of hydrogen-bond donors (Lipinski definition) is 3. The zero-order valence-electron chi connectivity index (χ0n) is 12.2. The van der Waals surface area contributed by atoms with Gasteiger partial charge in [-0.3, -0.25) is 0 Å². The van der Waals surface area contributed by atoms with E-state index in [9.17, 15) is 22.3 Å². The molecule has 4 N–H and O–H groups in total. The van der Waals surface area contributed by atoms with Crippen LogP contribution < -0.4 is 10.5 Å². The zero-order chi connectivity index (χ0) is 16.4. The van der Waals surface area contributed by atoms with Crippen LogP contribution in [0.25, 0.3) is 0 Å². The molecule has 0 radical (unpaired) electrons. The molecule has 0 spiro atoms. The van der Waals surface area contributed by atoms with E-state index in [0.29, 0.717) is 6.42 Å². The lowest BCUT2D eigenvalue weighted by atomic mass is 9.95. The summed E-state index contributed by atoms with van der Waals surface area (Å²) in [6, 6.07) is 1.45. The molecule has 1 unspecified atom stereocenters. The fraction of sp³-hybridized carbons (Fsp3) is 0.538. The van der Waals surface area contributed by atoms with E-state index in [4.69, 9.17) is 5.73 Å². The Kier molecular flexibility index (Phi) is 5.30. The minimum Gasteiger partial charge on any atom is -0.399 e. The van der Waals surface area contributed by atoms with E-state index in [1.165, 1.54) is 6.92 Å². The van der Waals surface area contributed by atoms with E-state index in [0.717, 1.165) is 12.1 Å². The Morgan fingerprint density at radius 2 is 1.81 bits per heavy atom. The molecule has 1 rings (SSSR count). The van der Waals surface area contributed by atoms with Crippen molar-refractivity contribution in [1.82, 2.24) is 4.72 Å². The highest BCUT2D eigenvalue weighted by molar-refractivity contribution is 7.89. The topological polar surface area (TPSA) is 92.4 Å². The lowest BCUT2D eigenvalue weighted by Crippen LogP contribution is -2.41. The summed E-state index contributed by atoms with van der Waals surface area (Å²) in [6.07, 6.45) is 0.336. The molecule has 0 amide bonds. The third kappa shape index (κ3) is 4.90. The quantitative estimate of drug-likeness (QED) is 0.694. The Labute approximate surface area is 123 Å². The van der Waals surface area contributed by atoms with Crippen molar-refractivity contribution < 1.29 is 22.3 Å². The maximum absolute atomic E-state index is 13.6. The SMILES string of the molecule is CC(C)CC(C)(O)CNS(=O)(=O)c1c(F)cc(N)cc1F. The van der Waals surface area contributed by atoms with Crippen LogP contribution in [-0.4, -0.2) is 25.7 Å². The fourth-order valence-corrected chi connectivity index (χ4v) is 3.39. The van der Waals surface area contributed by atoms with Crippen LogP contribution in [-0.2, 0) is 10.0 Å². The summed E-state index contributed by atoms with van der Waals surface area (Å²) in [5.41, 5.74) is 3.70. The smallest absolute Gasteiger partial charge is 0.246 e. The van der Waals surface area contributed by atoms with Gasteiger partial charge in [-0.25, -0.2) is 21.9 Å². The van der Waals surface area contributed by atoms with Crippen LogP contribution in [0, 0.1) is 17.6 Å². The Bertz CT molecular complexity index is 593. The average Bonchev–Trinajstić information content (AvgIpc) is 2.23. The van der Waals surface area contributed by atoms with Crippen molar-refractivity contribution in [2.75, 3.05) is 12.3 Å². The van der Waals surface area contributed by atoms with Gasteiger partial charge in [0.1, 0.15) is 11.6 Å². The van der Waals surface area contributed by atoms with E-state index in [1.54, 1.807) is 0 Å². The lowest BCUT2D eigenvalue weighted by molar-refractivity contribution is 0.0436. The summed E-state index contributed by atoms with van der Waals surface area (Å²) in [5, 5.41) is 10.0. The number of anilines is 1. The minimum atomic E-state index is -4.42. The highest BCUT2D eigenvalue weighted by Gasteiger charge is 2.29. The number of aliphatic hydroxyl groups is 1. The van der Waals surface area contributed by atoms with Crippen molar-refractivity contribution in [3.05, 3.63) is 23.8 Å². The third-order valence-corrected chi connectivity index (χ3v) is 4.23. The molecular formula is C13H20F2N2O3S. The van der Waals surface area contributed by atoms with Gasteiger partial charge in [0, 0.05) is 12.2 Å². The number of nitrogen functional groups attached to an aromatic ring is 1. The number of hydrogen-bond acceptors (Lipinski definition) is 4. The monoisotopic (exact) mass is 322 g/mol. The molecule has 1 atom stereocenters. The normalized spacial score (nSPS) is 15.2. The number of benzene rings is 1. The molecule has 1 aromatic carbocycles. The fourth-order valence-electron chi connectivity index (χ4n) is 2.11. The van der Waals surface area contributed by atoms with Crippen molar-refractivity contribution in [3.8, 4) is 0 Å². The summed E-state index contributed by atoms with van der Waals surface area (Å²) >= 11 is 0. The molecular weight excluding hydrogens is 302 g/mol. The van der Waals surface area contributed by atoms with Crippen LogP contribution in [0.15, 0.2) is 17.0 Å². The largest absolute Gasteiger partial charge is 0.399 e.